The number of rotatable bonds is 6. The molecule has 0 bridgehead atoms. The first-order chi connectivity index (χ1) is 11.6. The second-order valence-electron chi connectivity index (χ2n) is 7.11. The van der Waals surface area contributed by atoms with Gasteiger partial charge in [-0.15, -0.1) is 0 Å². The van der Waals surface area contributed by atoms with Crippen LogP contribution in [0.4, 0.5) is 0 Å². The van der Waals surface area contributed by atoms with Crippen LogP contribution in [0.5, 0.6) is 5.75 Å². The zero-order valence-electron chi connectivity index (χ0n) is 15.4. The van der Waals surface area contributed by atoms with Gasteiger partial charge in [-0.05, 0) is 49.5 Å². The van der Waals surface area contributed by atoms with E-state index >= 15 is 0 Å². The fraction of sp³-hybridized carbons (Fsp3) is 0.650. The third kappa shape index (κ3) is 5.82. The topological polar surface area (TPSA) is 41.6 Å². The Kier molecular flexibility index (Phi) is 7.57. The van der Waals surface area contributed by atoms with E-state index in [1.54, 1.807) is 7.11 Å². The molecule has 134 valence electrons. The summed E-state index contributed by atoms with van der Waals surface area (Å²) in [5.41, 5.74) is 1.13. The molecule has 1 aliphatic heterocycles. The molecule has 1 amide bonds. The number of ether oxygens (including phenoxy) is 1. The minimum atomic E-state index is 0.0400. The summed E-state index contributed by atoms with van der Waals surface area (Å²) in [6.45, 7) is 6.89. The number of carbonyl (C=O) groups is 1. The lowest BCUT2D eigenvalue weighted by atomic mass is 9.96. The molecule has 0 radical (unpaired) electrons. The van der Waals surface area contributed by atoms with Crippen LogP contribution < -0.4 is 10.1 Å². The van der Waals surface area contributed by atoms with Crippen molar-refractivity contribution in [2.45, 2.75) is 52.0 Å². The zero-order chi connectivity index (χ0) is 17.4. The Labute approximate surface area is 146 Å². The van der Waals surface area contributed by atoms with E-state index in [2.05, 4.69) is 24.1 Å². The van der Waals surface area contributed by atoms with Crippen LogP contribution >= 0.6 is 0 Å². The van der Waals surface area contributed by atoms with Gasteiger partial charge in [0.1, 0.15) is 5.75 Å². The van der Waals surface area contributed by atoms with Gasteiger partial charge in [0.25, 0.3) is 0 Å². The van der Waals surface area contributed by atoms with E-state index in [9.17, 15) is 4.79 Å². The molecule has 0 saturated carbocycles. The summed E-state index contributed by atoms with van der Waals surface area (Å²) < 4.78 is 5.22. The van der Waals surface area contributed by atoms with Crippen LogP contribution in [-0.4, -0.2) is 37.6 Å². The Morgan fingerprint density at radius 3 is 2.21 bits per heavy atom. The smallest absolute Gasteiger partial charge is 0.234 e. The number of hydrogen-bond donors (Lipinski definition) is 1. The van der Waals surface area contributed by atoms with Gasteiger partial charge < -0.3 is 10.1 Å². The minimum Gasteiger partial charge on any atom is -0.497 e. The van der Waals surface area contributed by atoms with Gasteiger partial charge in [0, 0.05) is 0 Å². The molecule has 1 aromatic carbocycles. The lowest BCUT2D eigenvalue weighted by molar-refractivity contribution is -0.123. The quantitative estimate of drug-likeness (QED) is 0.862. The Hall–Kier alpha value is -1.55. The lowest BCUT2D eigenvalue weighted by Gasteiger charge is -2.27. The molecule has 0 aliphatic carbocycles. The number of benzene rings is 1. The zero-order valence-corrected chi connectivity index (χ0v) is 15.4. The van der Waals surface area contributed by atoms with Crippen LogP contribution in [-0.2, 0) is 4.79 Å². The number of nitrogens with zero attached hydrogens (tertiary/aromatic N) is 1. The van der Waals surface area contributed by atoms with E-state index in [0.717, 1.165) is 24.4 Å². The summed E-state index contributed by atoms with van der Waals surface area (Å²) in [5.74, 6) is 1.31. The van der Waals surface area contributed by atoms with Crippen LogP contribution in [0.25, 0.3) is 0 Å². The highest BCUT2D eigenvalue weighted by Gasteiger charge is 2.20. The first-order valence-electron chi connectivity index (χ1n) is 9.26. The summed E-state index contributed by atoms with van der Waals surface area (Å²) in [7, 11) is 1.67. The predicted octanol–water partition coefficient (Wildman–Crippen LogP) is 3.77. The molecule has 1 aromatic rings. The molecule has 1 heterocycles. The van der Waals surface area contributed by atoms with Crippen molar-refractivity contribution in [1.29, 1.82) is 0 Å². The highest BCUT2D eigenvalue weighted by atomic mass is 16.5. The minimum absolute atomic E-state index is 0.0400. The van der Waals surface area contributed by atoms with Crippen LogP contribution in [0.2, 0.25) is 0 Å². The molecule has 1 atom stereocenters. The van der Waals surface area contributed by atoms with Crippen molar-refractivity contribution >= 4 is 5.91 Å². The van der Waals surface area contributed by atoms with Gasteiger partial charge in [-0.2, -0.15) is 0 Å². The Bertz CT molecular complexity index is 491. The summed E-state index contributed by atoms with van der Waals surface area (Å²) in [6, 6.07) is 8.03. The number of hydrogen-bond acceptors (Lipinski definition) is 3. The van der Waals surface area contributed by atoms with Crippen LogP contribution in [0.15, 0.2) is 24.3 Å². The van der Waals surface area contributed by atoms with Crippen LogP contribution in [0.3, 0.4) is 0 Å². The largest absolute Gasteiger partial charge is 0.497 e. The maximum Gasteiger partial charge on any atom is 0.234 e. The first-order valence-corrected chi connectivity index (χ1v) is 9.26. The molecule has 0 aromatic heterocycles. The van der Waals surface area contributed by atoms with Crippen molar-refractivity contribution in [2.75, 3.05) is 26.7 Å². The predicted molar refractivity (Wildman–Crippen MR) is 98.2 cm³/mol. The number of nitrogens with one attached hydrogen (secondary N) is 1. The first kappa shape index (κ1) is 18.8. The molecule has 1 fully saturated rings. The Morgan fingerprint density at radius 1 is 1.08 bits per heavy atom. The van der Waals surface area contributed by atoms with Crippen molar-refractivity contribution in [3.05, 3.63) is 29.8 Å². The molecule has 4 nitrogen and oxygen atoms in total. The lowest BCUT2D eigenvalue weighted by Crippen LogP contribution is -2.41. The number of likely N-dealkylation sites (tertiary alicyclic amines) is 1. The maximum absolute atomic E-state index is 12.5. The van der Waals surface area contributed by atoms with Gasteiger partial charge in [0.2, 0.25) is 5.91 Å². The molecular weight excluding hydrogens is 300 g/mol. The summed E-state index contributed by atoms with van der Waals surface area (Å²) in [5, 5.41) is 3.23. The van der Waals surface area contributed by atoms with Gasteiger partial charge >= 0.3 is 0 Å². The standard InChI is InChI=1S/C20H32N2O2/c1-16(2)20(17-9-11-18(24-3)12-10-17)21-19(23)15-22-13-7-5-4-6-8-14-22/h9-12,16,20H,4-8,13-15H2,1-3H3,(H,21,23). The van der Waals surface area contributed by atoms with Crippen molar-refractivity contribution in [1.82, 2.24) is 10.2 Å². The average Bonchev–Trinajstić information content (AvgIpc) is 2.55. The van der Waals surface area contributed by atoms with E-state index in [0.29, 0.717) is 12.5 Å². The molecule has 1 aliphatic rings. The Morgan fingerprint density at radius 2 is 1.67 bits per heavy atom. The van der Waals surface area contributed by atoms with Crippen LogP contribution in [0, 0.1) is 5.92 Å². The second-order valence-corrected chi connectivity index (χ2v) is 7.11. The van der Waals surface area contributed by atoms with Gasteiger partial charge in [0.15, 0.2) is 0 Å². The molecule has 1 saturated heterocycles. The van der Waals surface area contributed by atoms with Crippen molar-refractivity contribution in [2.24, 2.45) is 5.92 Å². The van der Waals surface area contributed by atoms with Gasteiger partial charge in [0.05, 0.1) is 19.7 Å². The van der Waals surface area contributed by atoms with E-state index in [1.165, 1.54) is 32.1 Å². The molecule has 1 N–H and O–H groups in total. The summed E-state index contributed by atoms with van der Waals surface area (Å²) in [4.78, 5) is 14.8. The van der Waals surface area contributed by atoms with Gasteiger partial charge in [-0.25, -0.2) is 0 Å². The van der Waals surface area contributed by atoms with E-state index in [1.807, 2.05) is 24.3 Å². The molecule has 2 rings (SSSR count). The molecule has 0 spiro atoms. The molecular formula is C20H32N2O2. The third-order valence-corrected chi connectivity index (χ3v) is 4.77. The number of methoxy groups -OCH3 is 1. The fourth-order valence-corrected chi connectivity index (χ4v) is 3.34. The van der Waals surface area contributed by atoms with Crippen molar-refractivity contribution in [3.63, 3.8) is 0 Å². The van der Waals surface area contributed by atoms with Crippen molar-refractivity contribution in [3.8, 4) is 5.75 Å². The second kappa shape index (κ2) is 9.67. The number of amides is 1. The van der Waals surface area contributed by atoms with E-state index < -0.39 is 0 Å². The Balaban J connectivity index is 1.94. The monoisotopic (exact) mass is 332 g/mol. The third-order valence-electron chi connectivity index (χ3n) is 4.77. The molecule has 24 heavy (non-hydrogen) atoms. The maximum atomic E-state index is 12.5. The highest BCUT2D eigenvalue weighted by molar-refractivity contribution is 5.78. The van der Waals surface area contributed by atoms with E-state index in [4.69, 9.17) is 4.74 Å². The molecule has 4 heteroatoms. The highest BCUT2D eigenvalue weighted by Crippen LogP contribution is 2.24. The molecule has 1 unspecified atom stereocenters. The SMILES string of the molecule is COc1ccc(C(NC(=O)CN2CCCCCCC2)C(C)C)cc1. The normalized spacial score (nSPS) is 17.8. The van der Waals surface area contributed by atoms with Crippen LogP contribution in [0.1, 0.15) is 57.6 Å². The van der Waals surface area contributed by atoms with Gasteiger partial charge in [-0.1, -0.05) is 45.2 Å². The van der Waals surface area contributed by atoms with Gasteiger partial charge in [-0.3, -0.25) is 9.69 Å². The number of carbonyl (C=O) groups excluding carboxylic acids is 1. The van der Waals surface area contributed by atoms with E-state index in [-0.39, 0.29) is 11.9 Å². The summed E-state index contributed by atoms with van der Waals surface area (Å²) in [6.07, 6.45) is 6.34. The average molecular weight is 332 g/mol. The van der Waals surface area contributed by atoms with Crippen molar-refractivity contribution < 1.29 is 9.53 Å². The fourth-order valence-electron chi connectivity index (χ4n) is 3.34. The summed E-state index contributed by atoms with van der Waals surface area (Å²) >= 11 is 0.